The minimum atomic E-state index is -3.60. The zero-order valence-corrected chi connectivity index (χ0v) is 19.0. The predicted octanol–water partition coefficient (Wildman–Crippen LogP) is 5.56. The van der Waals surface area contributed by atoms with Gasteiger partial charge < -0.3 is 4.74 Å². The number of alkyl halides is 1. The summed E-state index contributed by atoms with van der Waals surface area (Å²) in [6.45, 7) is 6.00. The van der Waals surface area contributed by atoms with Crippen molar-refractivity contribution in [3.8, 4) is 0 Å². The molecule has 0 heterocycles. The summed E-state index contributed by atoms with van der Waals surface area (Å²) in [5.41, 5.74) is -0.385. The Kier molecular flexibility index (Phi) is 5.62. The van der Waals surface area contributed by atoms with Gasteiger partial charge in [0.1, 0.15) is 0 Å². The molecular formula is C23H25ClO3S2. The molecule has 0 saturated heterocycles. The molecule has 3 nitrogen and oxygen atoms in total. The first-order chi connectivity index (χ1) is 13.7. The molecule has 1 fully saturated rings. The topological polar surface area (TPSA) is 43.4 Å². The molecule has 2 aromatic rings. The maximum absolute atomic E-state index is 13.5. The Labute approximate surface area is 182 Å². The molecule has 5 atom stereocenters. The number of benzene rings is 2. The standard InChI is InChI=1S/C23H25ClO3S2/c1-23(2,3)27-21-17-14-18(29(25,26)16-12-8-5-9-13-16)19(21)22(20(17)24)28-15-10-6-4-7-11-15/h4-14,17,19-22H,1-3H3/t17-,19-,20+,21+,22+/m0/s1. The van der Waals surface area contributed by atoms with Gasteiger partial charge in [0.25, 0.3) is 0 Å². The average molecular weight is 449 g/mol. The van der Waals surface area contributed by atoms with Gasteiger partial charge in [-0.05, 0) is 45.0 Å². The first-order valence-corrected chi connectivity index (χ1v) is 12.5. The summed E-state index contributed by atoms with van der Waals surface area (Å²) in [6.07, 6.45) is 1.61. The fraction of sp³-hybridized carbons (Fsp3) is 0.391. The van der Waals surface area contributed by atoms with Gasteiger partial charge in [-0.25, -0.2) is 8.42 Å². The van der Waals surface area contributed by atoms with Crippen molar-refractivity contribution in [2.45, 2.75) is 52.9 Å². The highest BCUT2D eigenvalue weighted by Gasteiger charge is 2.59. The van der Waals surface area contributed by atoms with Crippen molar-refractivity contribution in [3.63, 3.8) is 0 Å². The molecule has 0 aromatic heterocycles. The van der Waals surface area contributed by atoms with Gasteiger partial charge in [-0.15, -0.1) is 23.4 Å². The minimum Gasteiger partial charge on any atom is -0.371 e. The summed E-state index contributed by atoms with van der Waals surface area (Å²) in [5.74, 6) is -0.410. The fourth-order valence-corrected chi connectivity index (χ4v) is 7.96. The van der Waals surface area contributed by atoms with Gasteiger partial charge in [0.15, 0.2) is 0 Å². The van der Waals surface area contributed by atoms with Crippen LogP contribution in [0.25, 0.3) is 0 Å². The fourth-order valence-electron chi connectivity index (χ4n) is 4.20. The third-order valence-electron chi connectivity index (χ3n) is 5.32. The van der Waals surface area contributed by atoms with E-state index in [2.05, 4.69) is 0 Å². The molecule has 2 aromatic carbocycles. The van der Waals surface area contributed by atoms with Gasteiger partial charge in [-0.3, -0.25) is 0 Å². The van der Waals surface area contributed by atoms with Crippen molar-refractivity contribution >= 4 is 33.2 Å². The molecule has 6 heteroatoms. The van der Waals surface area contributed by atoms with Crippen molar-refractivity contribution in [2.75, 3.05) is 0 Å². The van der Waals surface area contributed by atoms with E-state index in [0.717, 1.165) is 4.90 Å². The van der Waals surface area contributed by atoms with Gasteiger partial charge in [-0.1, -0.05) is 42.5 Å². The summed E-state index contributed by atoms with van der Waals surface area (Å²) in [4.78, 5) is 1.86. The lowest BCUT2D eigenvalue weighted by Crippen LogP contribution is -2.33. The van der Waals surface area contributed by atoms with Crippen molar-refractivity contribution in [1.29, 1.82) is 0 Å². The first-order valence-electron chi connectivity index (χ1n) is 9.74. The number of ether oxygens (including phenoxy) is 1. The lowest BCUT2D eigenvalue weighted by molar-refractivity contribution is -0.0753. The van der Waals surface area contributed by atoms with E-state index in [1.807, 2.05) is 63.2 Å². The highest BCUT2D eigenvalue weighted by atomic mass is 35.5. The normalized spacial score (nSPS) is 29.1. The highest BCUT2D eigenvalue weighted by molar-refractivity contribution is 8.00. The van der Waals surface area contributed by atoms with Crippen molar-refractivity contribution in [3.05, 3.63) is 71.6 Å². The number of hydrogen-bond acceptors (Lipinski definition) is 4. The molecule has 4 rings (SSSR count). The molecule has 0 spiro atoms. The van der Waals surface area contributed by atoms with Crippen LogP contribution in [0.5, 0.6) is 0 Å². The van der Waals surface area contributed by atoms with E-state index >= 15 is 0 Å². The van der Waals surface area contributed by atoms with Crippen LogP contribution in [0.1, 0.15) is 20.8 Å². The van der Waals surface area contributed by atoms with Gasteiger partial charge in [0, 0.05) is 22.0 Å². The lowest BCUT2D eigenvalue weighted by Gasteiger charge is -2.30. The van der Waals surface area contributed by atoms with Crippen LogP contribution in [0.4, 0.5) is 0 Å². The van der Waals surface area contributed by atoms with Crippen LogP contribution < -0.4 is 0 Å². The number of hydrogen-bond donors (Lipinski definition) is 0. The van der Waals surface area contributed by atoms with Crippen LogP contribution >= 0.6 is 23.4 Å². The molecule has 154 valence electrons. The van der Waals surface area contributed by atoms with Crippen LogP contribution in [-0.2, 0) is 14.6 Å². The molecule has 29 heavy (non-hydrogen) atoms. The molecule has 2 bridgehead atoms. The summed E-state index contributed by atoms with van der Waals surface area (Å²) < 4.78 is 33.3. The second-order valence-electron chi connectivity index (χ2n) is 8.52. The van der Waals surface area contributed by atoms with E-state index in [1.54, 1.807) is 36.0 Å². The van der Waals surface area contributed by atoms with Crippen molar-refractivity contribution < 1.29 is 13.2 Å². The second-order valence-corrected chi connectivity index (χ2v) is 12.2. The van der Waals surface area contributed by atoms with Gasteiger partial charge in [0.05, 0.1) is 26.9 Å². The summed E-state index contributed by atoms with van der Waals surface area (Å²) in [7, 11) is -3.60. The Morgan fingerprint density at radius 3 is 2.14 bits per heavy atom. The van der Waals surface area contributed by atoms with E-state index < -0.39 is 9.84 Å². The van der Waals surface area contributed by atoms with E-state index in [9.17, 15) is 8.42 Å². The molecule has 0 amide bonds. The summed E-state index contributed by atoms with van der Waals surface area (Å²) >= 11 is 8.52. The summed E-state index contributed by atoms with van der Waals surface area (Å²) in [5, 5.41) is -0.262. The average Bonchev–Trinajstić information content (AvgIpc) is 3.15. The SMILES string of the molecule is CC(C)(C)O[C@@H]1[C@H]2C=C(S(=O)(=O)c3ccccc3)[C@@H]1[C@@H](Sc1ccccc1)[C@@H]2Cl. The third kappa shape index (κ3) is 4.02. The second kappa shape index (κ2) is 7.77. The maximum Gasteiger partial charge on any atom is 0.202 e. The number of fused-ring (bicyclic) bond motifs is 2. The van der Waals surface area contributed by atoms with Crippen molar-refractivity contribution in [2.24, 2.45) is 11.8 Å². The molecule has 0 radical (unpaired) electrons. The monoisotopic (exact) mass is 448 g/mol. The molecular weight excluding hydrogens is 424 g/mol. The lowest BCUT2D eigenvalue weighted by atomic mass is 10.1. The van der Waals surface area contributed by atoms with Crippen LogP contribution in [0, 0.1) is 11.8 Å². The predicted molar refractivity (Wildman–Crippen MR) is 119 cm³/mol. The largest absolute Gasteiger partial charge is 0.371 e. The smallest absolute Gasteiger partial charge is 0.202 e. The molecule has 0 aliphatic heterocycles. The van der Waals surface area contributed by atoms with Gasteiger partial charge in [-0.2, -0.15) is 0 Å². The Hall–Kier alpha value is -1.27. The molecule has 2 aliphatic carbocycles. The van der Waals surface area contributed by atoms with E-state index in [-0.39, 0.29) is 34.2 Å². The van der Waals surface area contributed by atoms with E-state index in [0.29, 0.717) is 9.80 Å². The van der Waals surface area contributed by atoms with Crippen LogP contribution in [0.2, 0.25) is 0 Å². The number of sulfone groups is 1. The van der Waals surface area contributed by atoms with E-state index in [1.165, 1.54) is 0 Å². The molecule has 0 unspecified atom stereocenters. The van der Waals surface area contributed by atoms with Crippen LogP contribution in [0.15, 0.2) is 81.4 Å². The van der Waals surface area contributed by atoms with Crippen LogP contribution in [0.3, 0.4) is 0 Å². The maximum atomic E-state index is 13.5. The molecule has 0 N–H and O–H groups in total. The third-order valence-corrected chi connectivity index (χ3v) is 9.36. The quantitative estimate of drug-likeness (QED) is 0.562. The van der Waals surface area contributed by atoms with Crippen molar-refractivity contribution in [1.82, 2.24) is 0 Å². The Morgan fingerprint density at radius 2 is 1.55 bits per heavy atom. The Balaban J connectivity index is 1.73. The first kappa shape index (κ1) is 21.0. The minimum absolute atomic E-state index is 0.0742. The molecule has 1 saturated carbocycles. The zero-order valence-electron chi connectivity index (χ0n) is 16.7. The Morgan fingerprint density at radius 1 is 0.966 bits per heavy atom. The van der Waals surface area contributed by atoms with Crippen LogP contribution in [-0.4, -0.2) is 30.7 Å². The van der Waals surface area contributed by atoms with E-state index in [4.69, 9.17) is 16.3 Å². The summed E-state index contributed by atoms with van der Waals surface area (Å²) in [6, 6.07) is 18.7. The number of halogens is 1. The Bertz CT molecular complexity index is 997. The zero-order chi connectivity index (χ0) is 20.8. The molecule has 2 aliphatic rings. The number of rotatable bonds is 5. The number of thioether (sulfide) groups is 1. The van der Waals surface area contributed by atoms with Gasteiger partial charge in [0.2, 0.25) is 9.84 Å². The van der Waals surface area contributed by atoms with Gasteiger partial charge >= 0.3 is 0 Å². The highest BCUT2D eigenvalue weighted by Crippen LogP contribution is 2.56.